The van der Waals surface area contributed by atoms with Crippen LogP contribution in [0.5, 0.6) is 0 Å². The molecule has 0 atom stereocenters. The molecule has 0 N–H and O–H groups in total. The van der Waals surface area contributed by atoms with Gasteiger partial charge in [-0.3, -0.25) is 4.57 Å². The zero-order valence-electron chi connectivity index (χ0n) is 20.1. The molecule has 4 aromatic carbocycles. The third-order valence-electron chi connectivity index (χ3n) is 7.26. The van der Waals surface area contributed by atoms with Gasteiger partial charge in [0, 0.05) is 22.2 Å². The second-order valence-electron chi connectivity index (χ2n) is 9.52. The van der Waals surface area contributed by atoms with E-state index in [9.17, 15) is 0 Å². The molecule has 0 saturated heterocycles. The van der Waals surface area contributed by atoms with Gasteiger partial charge >= 0.3 is 0 Å². The predicted octanol–water partition coefficient (Wildman–Crippen LogP) is 8.59. The minimum absolute atomic E-state index is 0. The van der Waals surface area contributed by atoms with Crippen molar-refractivity contribution >= 4 is 44.8 Å². The van der Waals surface area contributed by atoms with Crippen molar-refractivity contribution in [3.63, 3.8) is 0 Å². The van der Waals surface area contributed by atoms with Crippen molar-refractivity contribution in [3.8, 4) is 5.69 Å². The van der Waals surface area contributed by atoms with Crippen LogP contribution < -0.4 is 4.80 Å². The summed E-state index contributed by atoms with van der Waals surface area (Å²) in [6.45, 7) is 4.26. The number of aryl methyl sites for hydroxylation is 2. The third kappa shape index (κ3) is 4.30. The van der Waals surface area contributed by atoms with Gasteiger partial charge in [-0.2, -0.15) is 0 Å². The van der Waals surface area contributed by atoms with E-state index in [0.29, 0.717) is 0 Å². The van der Waals surface area contributed by atoms with Gasteiger partial charge < -0.3 is 0 Å². The van der Waals surface area contributed by atoms with Gasteiger partial charge in [-0.25, -0.2) is 4.99 Å². The SMILES string of the molecule is Br.Cc1ccc(N=c2scc(C3(c4ccc5ccccc5c4)CCC3)n2-c2ccc(C)cc2)cc1. The highest BCUT2D eigenvalue weighted by atomic mass is 79.9. The average molecular weight is 542 g/mol. The topological polar surface area (TPSA) is 17.3 Å². The molecule has 1 aliphatic rings. The molecular weight excluding hydrogens is 512 g/mol. The van der Waals surface area contributed by atoms with E-state index in [0.717, 1.165) is 23.3 Å². The van der Waals surface area contributed by atoms with Crippen molar-refractivity contribution in [2.24, 2.45) is 4.99 Å². The van der Waals surface area contributed by atoms with Gasteiger partial charge in [0.1, 0.15) is 0 Å². The Balaban J connectivity index is 0.00000253. The quantitative estimate of drug-likeness (QED) is 0.217. The first kappa shape index (κ1) is 23.8. The van der Waals surface area contributed by atoms with E-state index in [2.05, 4.69) is 115 Å². The molecule has 1 aromatic heterocycles. The molecule has 1 fully saturated rings. The number of halogens is 1. The van der Waals surface area contributed by atoms with Crippen molar-refractivity contribution in [2.75, 3.05) is 0 Å². The summed E-state index contributed by atoms with van der Waals surface area (Å²) in [6, 6.07) is 33.0. The second-order valence-corrected chi connectivity index (χ2v) is 10.4. The first-order valence-corrected chi connectivity index (χ1v) is 12.9. The maximum Gasteiger partial charge on any atom is 0.194 e. The van der Waals surface area contributed by atoms with Gasteiger partial charge in [0.15, 0.2) is 4.80 Å². The number of fused-ring (bicyclic) bond motifs is 1. The van der Waals surface area contributed by atoms with E-state index in [1.807, 2.05) is 0 Å². The molecule has 1 saturated carbocycles. The molecule has 0 unspecified atom stereocenters. The first-order valence-electron chi connectivity index (χ1n) is 12.0. The normalized spacial score (nSPS) is 15.0. The second kappa shape index (κ2) is 9.60. The van der Waals surface area contributed by atoms with E-state index in [-0.39, 0.29) is 22.4 Å². The highest BCUT2D eigenvalue weighted by Crippen LogP contribution is 2.50. The Kier molecular flexibility index (Phi) is 6.52. The van der Waals surface area contributed by atoms with E-state index in [1.165, 1.54) is 45.3 Å². The van der Waals surface area contributed by atoms with Gasteiger partial charge in [-0.15, -0.1) is 28.3 Å². The standard InChI is InChI=1S/C31H28N2S.BrH/c1-22-8-14-27(15-9-22)32-30-33(28-16-10-23(2)11-17-28)29(21-34-30)31(18-5-19-31)26-13-12-24-6-3-4-7-25(24)20-26;/h3-4,6-17,20-21H,5,18-19H2,1-2H3;1H. The lowest BCUT2D eigenvalue weighted by Crippen LogP contribution is -2.38. The first-order chi connectivity index (χ1) is 16.6. The summed E-state index contributed by atoms with van der Waals surface area (Å²) in [5.41, 5.74) is 7.49. The predicted molar refractivity (Wildman–Crippen MR) is 154 cm³/mol. The fourth-order valence-corrected chi connectivity index (χ4v) is 6.12. The van der Waals surface area contributed by atoms with Crippen LogP contribution >= 0.6 is 28.3 Å². The fraction of sp³-hybridized carbons (Fsp3) is 0.194. The Morgan fingerprint density at radius 3 is 2.09 bits per heavy atom. The largest absolute Gasteiger partial charge is 0.289 e. The molecule has 176 valence electrons. The van der Waals surface area contributed by atoms with Crippen LogP contribution in [-0.4, -0.2) is 4.57 Å². The maximum atomic E-state index is 5.10. The molecule has 4 heteroatoms. The summed E-state index contributed by atoms with van der Waals surface area (Å²) in [7, 11) is 0. The summed E-state index contributed by atoms with van der Waals surface area (Å²) in [5.74, 6) is 0. The van der Waals surface area contributed by atoms with Crippen LogP contribution in [0.25, 0.3) is 16.5 Å². The van der Waals surface area contributed by atoms with Gasteiger partial charge in [0.05, 0.1) is 5.69 Å². The Labute approximate surface area is 221 Å². The van der Waals surface area contributed by atoms with Gasteiger partial charge in [0.25, 0.3) is 0 Å². The lowest BCUT2D eigenvalue weighted by atomic mass is 9.62. The van der Waals surface area contributed by atoms with Crippen molar-refractivity contribution in [2.45, 2.75) is 38.5 Å². The number of aromatic nitrogens is 1. The molecule has 0 bridgehead atoms. The van der Waals surface area contributed by atoms with Crippen LogP contribution in [0.4, 0.5) is 5.69 Å². The third-order valence-corrected chi connectivity index (χ3v) is 8.08. The van der Waals surface area contributed by atoms with Crippen LogP contribution in [0.15, 0.2) is 101 Å². The Morgan fingerprint density at radius 1 is 0.771 bits per heavy atom. The van der Waals surface area contributed by atoms with Crippen LogP contribution in [0, 0.1) is 13.8 Å². The maximum absolute atomic E-state index is 5.10. The molecule has 35 heavy (non-hydrogen) atoms. The van der Waals surface area contributed by atoms with E-state index < -0.39 is 0 Å². The zero-order valence-corrected chi connectivity index (χ0v) is 22.6. The molecule has 5 aromatic rings. The van der Waals surface area contributed by atoms with Crippen LogP contribution in [0.3, 0.4) is 0 Å². The minimum atomic E-state index is 0. The summed E-state index contributed by atoms with van der Waals surface area (Å²) in [4.78, 5) is 6.12. The highest BCUT2D eigenvalue weighted by Gasteiger charge is 2.43. The fourth-order valence-electron chi connectivity index (χ4n) is 5.10. The van der Waals surface area contributed by atoms with Gasteiger partial charge in [0.2, 0.25) is 0 Å². The molecule has 6 rings (SSSR count). The number of benzene rings is 4. The van der Waals surface area contributed by atoms with E-state index >= 15 is 0 Å². The summed E-state index contributed by atoms with van der Waals surface area (Å²) in [5, 5.41) is 4.96. The number of rotatable bonds is 4. The molecule has 0 spiro atoms. The van der Waals surface area contributed by atoms with Gasteiger partial charge in [-0.05, 0) is 67.3 Å². The minimum Gasteiger partial charge on any atom is -0.289 e. The lowest BCUT2D eigenvalue weighted by molar-refractivity contribution is 0.290. The molecule has 0 amide bonds. The average Bonchev–Trinajstić information content (AvgIpc) is 3.24. The van der Waals surface area contributed by atoms with Crippen molar-refractivity contribution < 1.29 is 0 Å². The van der Waals surface area contributed by atoms with Crippen LogP contribution in [-0.2, 0) is 5.41 Å². The van der Waals surface area contributed by atoms with Crippen molar-refractivity contribution in [1.29, 1.82) is 0 Å². The lowest BCUT2D eigenvalue weighted by Gasteiger charge is -2.43. The summed E-state index contributed by atoms with van der Waals surface area (Å²) in [6.07, 6.45) is 3.58. The molecule has 2 nitrogen and oxygen atoms in total. The zero-order chi connectivity index (χ0) is 23.1. The Morgan fingerprint density at radius 2 is 1.43 bits per heavy atom. The molecular formula is C31H29BrN2S. The molecule has 0 radical (unpaired) electrons. The van der Waals surface area contributed by atoms with Crippen molar-refractivity contribution in [1.82, 2.24) is 4.57 Å². The van der Waals surface area contributed by atoms with Crippen molar-refractivity contribution in [3.05, 3.63) is 124 Å². The Bertz CT molecular complexity index is 1540. The molecule has 1 aliphatic carbocycles. The summed E-state index contributed by atoms with van der Waals surface area (Å²) >= 11 is 1.74. The van der Waals surface area contributed by atoms with E-state index in [4.69, 9.17) is 4.99 Å². The highest BCUT2D eigenvalue weighted by molar-refractivity contribution is 8.93. The number of hydrogen-bond donors (Lipinski definition) is 0. The monoisotopic (exact) mass is 540 g/mol. The van der Waals surface area contributed by atoms with E-state index in [1.54, 1.807) is 11.3 Å². The van der Waals surface area contributed by atoms with Crippen LogP contribution in [0.1, 0.15) is 41.6 Å². The molecule has 0 aliphatic heterocycles. The Hall–Kier alpha value is -2.95. The van der Waals surface area contributed by atoms with Gasteiger partial charge in [-0.1, -0.05) is 84.3 Å². The number of thiazole rings is 1. The summed E-state index contributed by atoms with van der Waals surface area (Å²) < 4.78 is 2.40. The number of nitrogens with zero attached hydrogens (tertiary/aromatic N) is 2. The number of hydrogen-bond acceptors (Lipinski definition) is 2. The smallest absolute Gasteiger partial charge is 0.194 e. The van der Waals surface area contributed by atoms with Crippen LogP contribution in [0.2, 0.25) is 0 Å². The molecule has 1 heterocycles.